The first-order valence-corrected chi connectivity index (χ1v) is 9.11. The SMILES string of the molecule is CCS(=O)(=O)CCCC(=O)C1(c2ccccc2)CCC1. The highest BCUT2D eigenvalue weighted by atomic mass is 32.2. The van der Waals surface area contributed by atoms with E-state index in [1.54, 1.807) is 6.92 Å². The average Bonchev–Trinajstić information content (AvgIpc) is 2.38. The number of hydrogen-bond acceptors (Lipinski definition) is 3. The molecule has 1 saturated carbocycles. The summed E-state index contributed by atoms with van der Waals surface area (Å²) in [5.41, 5.74) is 0.756. The van der Waals surface area contributed by atoms with E-state index in [4.69, 9.17) is 0 Å². The lowest BCUT2D eigenvalue weighted by molar-refractivity contribution is -0.127. The molecule has 0 spiro atoms. The minimum Gasteiger partial charge on any atom is -0.299 e. The van der Waals surface area contributed by atoms with Crippen molar-refractivity contribution in [3.8, 4) is 0 Å². The van der Waals surface area contributed by atoms with E-state index < -0.39 is 9.84 Å². The Balaban J connectivity index is 2.00. The molecule has 0 radical (unpaired) electrons. The second kappa shape index (κ2) is 6.08. The Kier molecular flexibility index (Phi) is 4.63. The molecule has 0 heterocycles. The van der Waals surface area contributed by atoms with Gasteiger partial charge in [0.2, 0.25) is 0 Å². The van der Waals surface area contributed by atoms with Gasteiger partial charge in [-0.3, -0.25) is 4.79 Å². The van der Waals surface area contributed by atoms with E-state index in [1.165, 1.54) is 0 Å². The van der Waals surface area contributed by atoms with E-state index in [-0.39, 0.29) is 22.7 Å². The number of sulfone groups is 1. The van der Waals surface area contributed by atoms with Gasteiger partial charge in [-0.15, -0.1) is 0 Å². The molecule has 0 amide bonds. The lowest BCUT2D eigenvalue weighted by Crippen LogP contribution is -2.42. The van der Waals surface area contributed by atoms with Gasteiger partial charge in [0.05, 0.1) is 11.2 Å². The van der Waals surface area contributed by atoms with E-state index in [0.717, 1.165) is 24.8 Å². The van der Waals surface area contributed by atoms with Gasteiger partial charge >= 0.3 is 0 Å². The zero-order chi connectivity index (χ0) is 14.6. The zero-order valence-corrected chi connectivity index (χ0v) is 12.8. The Morgan fingerprint density at radius 1 is 1.20 bits per heavy atom. The summed E-state index contributed by atoms with van der Waals surface area (Å²) in [4.78, 5) is 12.5. The van der Waals surface area contributed by atoms with Crippen molar-refractivity contribution in [2.24, 2.45) is 0 Å². The molecule has 2 rings (SSSR count). The summed E-state index contributed by atoms with van der Waals surface area (Å²) in [5, 5.41) is 0. The van der Waals surface area contributed by atoms with Crippen LogP contribution in [0.3, 0.4) is 0 Å². The van der Waals surface area contributed by atoms with Crippen molar-refractivity contribution in [1.82, 2.24) is 0 Å². The van der Waals surface area contributed by atoms with Gasteiger partial charge in [-0.25, -0.2) is 8.42 Å². The van der Waals surface area contributed by atoms with Crippen LogP contribution in [0, 0.1) is 0 Å². The molecule has 20 heavy (non-hydrogen) atoms. The molecule has 0 aliphatic heterocycles. The van der Waals surface area contributed by atoms with E-state index in [1.807, 2.05) is 30.3 Å². The Hall–Kier alpha value is -1.16. The van der Waals surface area contributed by atoms with E-state index >= 15 is 0 Å². The Morgan fingerprint density at radius 3 is 2.35 bits per heavy atom. The van der Waals surface area contributed by atoms with Crippen LogP contribution < -0.4 is 0 Å². The summed E-state index contributed by atoms with van der Waals surface area (Å²) < 4.78 is 22.9. The van der Waals surface area contributed by atoms with Gasteiger partial charge in [-0.1, -0.05) is 43.7 Å². The molecule has 0 aromatic heterocycles. The van der Waals surface area contributed by atoms with Crippen LogP contribution in [0.25, 0.3) is 0 Å². The normalized spacial score (nSPS) is 17.4. The van der Waals surface area contributed by atoms with Crippen LogP contribution >= 0.6 is 0 Å². The van der Waals surface area contributed by atoms with E-state index in [9.17, 15) is 13.2 Å². The van der Waals surface area contributed by atoms with Crippen molar-refractivity contribution in [3.63, 3.8) is 0 Å². The van der Waals surface area contributed by atoms with E-state index in [0.29, 0.717) is 12.8 Å². The van der Waals surface area contributed by atoms with Gasteiger partial charge in [0, 0.05) is 12.2 Å². The van der Waals surface area contributed by atoms with Crippen molar-refractivity contribution >= 4 is 15.6 Å². The summed E-state index contributed by atoms with van der Waals surface area (Å²) in [6.45, 7) is 1.65. The van der Waals surface area contributed by atoms with Gasteiger partial charge in [0.15, 0.2) is 0 Å². The second-order valence-corrected chi connectivity index (χ2v) is 8.04. The largest absolute Gasteiger partial charge is 0.299 e. The summed E-state index contributed by atoms with van der Waals surface area (Å²) in [6.07, 6.45) is 3.69. The molecule has 0 saturated heterocycles. The Bertz CT molecular complexity index is 557. The molecule has 1 fully saturated rings. The fourth-order valence-corrected chi connectivity index (χ4v) is 3.73. The van der Waals surface area contributed by atoms with Gasteiger partial charge in [0.25, 0.3) is 0 Å². The maximum atomic E-state index is 12.5. The highest BCUT2D eigenvalue weighted by Crippen LogP contribution is 2.45. The third-order valence-corrected chi connectivity index (χ3v) is 6.16. The molecule has 1 aliphatic carbocycles. The Morgan fingerprint density at radius 2 is 1.85 bits per heavy atom. The lowest BCUT2D eigenvalue weighted by atomic mass is 9.61. The fourth-order valence-electron chi connectivity index (χ4n) is 2.85. The summed E-state index contributed by atoms with van der Waals surface area (Å²) in [7, 11) is -2.97. The predicted molar refractivity (Wildman–Crippen MR) is 80.5 cm³/mol. The molecule has 1 aliphatic rings. The van der Waals surface area contributed by atoms with Crippen molar-refractivity contribution in [3.05, 3.63) is 35.9 Å². The number of rotatable bonds is 7. The maximum Gasteiger partial charge on any atom is 0.150 e. The van der Waals surface area contributed by atoms with Gasteiger partial charge < -0.3 is 0 Å². The topological polar surface area (TPSA) is 51.2 Å². The number of carbonyl (C=O) groups excluding carboxylic acids is 1. The average molecular weight is 294 g/mol. The van der Waals surface area contributed by atoms with Crippen LogP contribution in [0.5, 0.6) is 0 Å². The fraction of sp³-hybridized carbons (Fsp3) is 0.562. The van der Waals surface area contributed by atoms with Crippen molar-refractivity contribution in [2.75, 3.05) is 11.5 Å². The van der Waals surface area contributed by atoms with E-state index in [2.05, 4.69) is 0 Å². The number of benzene rings is 1. The van der Waals surface area contributed by atoms with Gasteiger partial charge in [-0.05, 0) is 24.8 Å². The number of carbonyl (C=O) groups is 1. The first kappa shape index (κ1) is 15.2. The summed E-state index contributed by atoms with van der Waals surface area (Å²) in [5.74, 6) is 0.492. The van der Waals surface area contributed by atoms with Crippen LogP contribution in [0.2, 0.25) is 0 Å². The monoisotopic (exact) mass is 294 g/mol. The molecule has 110 valence electrons. The molecule has 0 atom stereocenters. The first-order valence-electron chi connectivity index (χ1n) is 7.29. The quantitative estimate of drug-likeness (QED) is 0.777. The highest BCUT2D eigenvalue weighted by Gasteiger charge is 2.44. The second-order valence-electron chi connectivity index (χ2n) is 5.56. The molecule has 4 heteroatoms. The molecule has 1 aromatic rings. The van der Waals surface area contributed by atoms with Crippen molar-refractivity contribution in [1.29, 1.82) is 0 Å². The van der Waals surface area contributed by atoms with Crippen LogP contribution in [0.1, 0.15) is 44.6 Å². The number of Topliss-reactive ketones (excluding diaryl/α,β-unsaturated/α-hetero) is 1. The van der Waals surface area contributed by atoms with Crippen molar-refractivity contribution in [2.45, 2.75) is 44.4 Å². The van der Waals surface area contributed by atoms with Crippen LogP contribution in [-0.2, 0) is 20.0 Å². The smallest absolute Gasteiger partial charge is 0.150 e. The summed E-state index contributed by atoms with van der Waals surface area (Å²) in [6, 6.07) is 9.91. The number of ketones is 1. The molecule has 0 bridgehead atoms. The molecular formula is C16H22O3S. The molecular weight excluding hydrogens is 272 g/mol. The Labute approximate surface area is 121 Å². The van der Waals surface area contributed by atoms with Crippen molar-refractivity contribution < 1.29 is 13.2 Å². The first-order chi connectivity index (χ1) is 9.50. The van der Waals surface area contributed by atoms with Gasteiger partial charge in [0.1, 0.15) is 15.6 Å². The number of hydrogen-bond donors (Lipinski definition) is 0. The minimum atomic E-state index is -2.97. The van der Waals surface area contributed by atoms with Crippen LogP contribution in [0.4, 0.5) is 0 Å². The van der Waals surface area contributed by atoms with Crippen LogP contribution in [0.15, 0.2) is 30.3 Å². The molecule has 3 nitrogen and oxygen atoms in total. The third-order valence-electron chi connectivity index (χ3n) is 4.37. The highest BCUT2D eigenvalue weighted by molar-refractivity contribution is 7.91. The zero-order valence-electron chi connectivity index (χ0n) is 12.0. The standard InChI is InChI=1S/C16H22O3S/c1-2-20(18,19)13-6-10-15(17)16(11-7-12-16)14-8-4-3-5-9-14/h3-5,8-9H,2,6-7,10-13H2,1H3. The summed E-state index contributed by atoms with van der Waals surface area (Å²) >= 11 is 0. The predicted octanol–water partition coefficient (Wildman–Crippen LogP) is 2.89. The maximum absolute atomic E-state index is 12.5. The molecule has 1 aromatic carbocycles. The third kappa shape index (κ3) is 3.11. The minimum absolute atomic E-state index is 0.125. The lowest BCUT2D eigenvalue weighted by Gasteiger charge is -2.41. The van der Waals surface area contributed by atoms with Crippen LogP contribution in [-0.4, -0.2) is 25.7 Å². The van der Waals surface area contributed by atoms with Gasteiger partial charge in [-0.2, -0.15) is 0 Å². The molecule has 0 unspecified atom stereocenters. The molecule has 0 N–H and O–H groups in total.